The average molecular weight is 336 g/mol. The molecular weight excluding hydrogens is 317 g/mol. The third kappa shape index (κ3) is 2.96. The molecule has 0 aliphatic heterocycles. The fourth-order valence-electron chi connectivity index (χ4n) is 3.24. The predicted molar refractivity (Wildman–Crippen MR) is 92.5 cm³/mol. The molecule has 3 rings (SSSR count). The van der Waals surface area contributed by atoms with E-state index in [0.717, 1.165) is 18.6 Å². The minimum atomic E-state index is 0.297. The van der Waals surface area contributed by atoms with Crippen LogP contribution in [0.5, 0.6) is 5.75 Å². The Morgan fingerprint density at radius 3 is 2.59 bits per heavy atom. The van der Waals surface area contributed by atoms with Gasteiger partial charge in [-0.1, -0.05) is 35.3 Å². The van der Waals surface area contributed by atoms with Crippen LogP contribution >= 0.6 is 23.2 Å². The minimum Gasteiger partial charge on any atom is -0.497 e. The Hall–Kier alpha value is -1.22. The maximum absolute atomic E-state index is 6.22. The highest BCUT2D eigenvalue weighted by molar-refractivity contribution is 6.42. The van der Waals surface area contributed by atoms with Crippen molar-refractivity contribution in [1.29, 1.82) is 0 Å². The molecule has 0 bridgehead atoms. The maximum Gasteiger partial charge on any atom is 0.119 e. The molecular formula is C18H19Cl2NO. The first-order valence-corrected chi connectivity index (χ1v) is 8.17. The summed E-state index contributed by atoms with van der Waals surface area (Å²) in [4.78, 5) is 0. The zero-order valence-electron chi connectivity index (χ0n) is 12.7. The van der Waals surface area contributed by atoms with Gasteiger partial charge in [-0.15, -0.1) is 0 Å². The summed E-state index contributed by atoms with van der Waals surface area (Å²) in [5.74, 6) is 1.19. The molecule has 0 radical (unpaired) electrons. The summed E-state index contributed by atoms with van der Waals surface area (Å²) in [7, 11) is 3.72. The number of hydrogen-bond acceptors (Lipinski definition) is 2. The lowest BCUT2D eigenvalue weighted by Gasteiger charge is -2.32. The molecule has 0 amide bonds. The highest BCUT2D eigenvalue weighted by atomic mass is 35.5. The molecule has 2 atom stereocenters. The van der Waals surface area contributed by atoms with Crippen molar-refractivity contribution >= 4 is 23.2 Å². The Labute approximate surface area is 141 Å². The molecule has 2 nitrogen and oxygen atoms in total. The number of fused-ring (bicyclic) bond motifs is 1. The van der Waals surface area contributed by atoms with Crippen LogP contribution in [0, 0.1) is 0 Å². The summed E-state index contributed by atoms with van der Waals surface area (Å²) < 4.78 is 5.40. The van der Waals surface area contributed by atoms with E-state index >= 15 is 0 Å². The molecule has 2 aromatic carbocycles. The van der Waals surface area contributed by atoms with Gasteiger partial charge in [0.1, 0.15) is 5.75 Å². The second-order valence-corrected chi connectivity index (χ2v) is 6.53. The first-order chi connectivity index (χ1) is 10.6. The van der Waals surface area contributed by atoms with Gasteiger partial charge in [-0.3, -0.25) is 0 Å². The Bertz CT molecular complexity index is 687. The fourth-order valence-corrected chi connectivity index (χ4v) is 3.54. The fraction of sp³-hybridized carbons (Fsp3) is 0.333. The molecule has 0 fully saturated rings. The monoisotopic (exact) mass is 335 g/mol. The van der Waals surface area contributed by atoms with Gasteiger partial charge in [0.2, 0.25) is 0 Å². The zero-order valence-corrected chi connectivity index (χ0v) is 14.2. The van der Waals surface area contributed by atoms with Crippen LogP contribution in [0.15, 0.2) is 36.4 Å². The standard InChI is InChI=1S/C18H19Cl2NO/c1-21-13-7-11-3-5-14(22-2)10-16(11)15(9-13)12-4-6-17(19)18(20)8-12/h3-6,8,10,13,15,21H,7,9H2,1-2H3/t13-,15-/m0/s1. The van der Waals surface area contributed by atoms with Crippen molar-refractivity contribution in [3.05, 3.63) is 63.1 Å². The molecule has 1 aliphatic rings. The highest BCUT2D eigenvalue weighted by Crippen LogP contribution is 2.40. The Balaban J connectivity index is 2.07. The van der Waals surface area contributed by atoms with Crippen molar-refractivity contribution < 1.29 is 4.74 Å². The normalized spacial score (nSPS) is 20.5. The van der Waals surface area contributed by atoms with Crippen molar-refractivity contribution in [3.63, 3.8) is 0 Å². The second kappa shape index (κ2) is 6.49. The first kappa shape index (κ1) is 15.7. The van der Waals surface area contributed by atoms with Gasteiger partial charge >= 0.3 is 0 Å². The van der Waals surface area contributed by atoms with Gasteiger partial charge < -0.3 is 10.1 Å². The minimum absolute atomic E-state index is 0.297. The van der Waals surface area contributed by atoms with E-state index in [1.807, 2.05) is 25.2 Å². The van der Waals surface area contributed by atoms with Crippen LogP contribution in [-0.2, 0) is 6.42 Å². The van der Waals surface area contributed by atoms with Gasteiger partial charge in [-0.2, -0.15) is 0 Å². The quantitative estimate of drug-likeness (QED) is 0.880. The molecule has 116 valence electrons. The summed E-state index contributed by atoms with van der Waals surface area (Å²) in [5, 5.41) is 4.61. The van der Waals surface area contributed by atoms with E-state index in [-0.39, 0.29) is 0 Å². The number of halogens is 2. The SMILES string of the molecule is CN[C@H]1Cc2ccc(OC)cc2[C@H](c2ccc(Cl)c(Cl)c2)C1. The lowest BCUT2D eigenvalue weighted by Crippen LogP contribution is -2.33. The zero-order chi connectivity index (χ0) is 15.7. The number of methoxy groups -OCH3 is 1. The number of ether oxygens (including phenoxy) is 1. The van der Waals surface area contributed by atoms with Crippen LogP contribution in [-0.4, -0.2) is 20.2 Å². The summed E-state index contributed by atoms with van der Waals surface area (Å²) in [6.07, 6.45) is 2.07. The van der Waals surface area contributed by atoms with Gasteiger partial charge in [-0.05, 0) is 60.8 Å². The van der Waals surface area contributed by atoms with Crippen LogP contribution in [0.4, 0.5) is 0 Å². The van der Waals surface area contributed by atoms with Crippen LogP contribution in [0.1, 0.15) is 29.0 Å². The van der Waals surface area contributed by atoms with E-state index in [0.29, 0.717) is 22.0 Å². The molecule has 0 spiro atoms. The molecule has 2 aromatic rings. The second-order valence-electron chi connectivity index (χ2n) is 5.72. The molecule has 1 aliphatic carbocycles. The van der Waals surface area contributed by atoms with Crippen molar-refractivity contribution in [3.8, 4) is 5.75 Å². The summed E-state index contributed by atoms with van der Waals surface area (Å²) in [6, 6.07) is 12.7. The summed E-state index contributed by atoms with van der Waals surface area (Å²) in [6.45, 7) is 0. The van der Waals surface area contributed by atoms with Gasteiger partial charge in [0.25, 0.3) is 0 Å². The van der Waals surface area contributed by atoms with Crippen LogP contribution < -0.4 is 10.1 Å². The number of hydrogen-bond donors (Lipinski definition) is 1. The van der Waals surface area contributed by atoms with Crippen molar-refractivity contribution in [2.75, 3.05) is 14.2 Å². The topological polar surface area (TPSA) is 21.3 Å². The number of benzene rings is 2. The molecule has 22 heavy (non-hydrogen) atoms. The molecule has 0 aromatic heterocycles. The van der Waals surface area contributed by atoms with Crippen LogP contribution in [0.2, 0.25) is 10.0 Å². The third-order valence-electron chi connectivity index (χ3n) is 4.47. The van der Waals surface area contributed by atoms with Gasteiger partial charge in [0.15, 0.2) is 0 Å². The van der Waals surface area contributed by atoms with Crippen molar-refractivity contribution in [1.82, 2.24) is 5.32 Å². The van der Waals surface area contributed by atoms with E-state index in [1.165, 1.54) is 16.7 Å². The average Bonchev–Trinajstić information content (AvgIpc) is 2.55. The molecule has 1 N–H and O–H groups in total. The van der Waals surface area contributed by atoms with Gasteiger partial charge in [-0.25, -0.2) is 0 Å². The van der Waals surface area contributed by atoms with E-state index in [1.54, 1.807) is 7.11 Å². The molecule has 0 saturated carbocycles. The van der Waals surface area contributed by atoms with Gasteiger partial charge in [0, 0.05) is 12.0 Å². The Kier molecular flexibility index (Phi) is 4.62. The molecule has 0 saturated heterocycles. The largest absolute Gasteiger partial charge is 0.497 e. The van der Waals surface area contributed by atoms with E-state index in [4.69, 9.17) is 27.9 Å². The maximum atomic E-state index is 6.22. The van der Waals surface area contributed by atoms with E-state index < -0.39 is 0 Å². The number of likely N-dealkylation sites (N-methyl/N-ethyl adjacent to an activating group) is 1. The third-order valence-corrected chi connectivity index (χ3v) is 5.21. The van der Waals surface area contributed by atoms with Gasteiger partial charge in [0.05, 0.1) is 17.2 Å². The van der Waals surface area contributed by atoms with Crippen molar-refractivity contribution in [2.24, 2.45) is 0 Å². The Morgan fingerprint density at radius 1 is 1.09 bits per heavy atom. The van der Waals surface area contributed by atoms with E-state index in [2.05, 4.69) is 23.5 Å². The highest BCUT2D eigenvalue weighted by Gasteiger charge is 2.28. The molecule has 4 heteroatoms. The number of nitrogens with one attached hydrogen (secondary N) is 1. The van der Waals surface area contributed by atoms with E-state index in [9.17, 15) is 0 Å². The summed E-state index contributed by atoms with van der Waals surface area (Å²) in [5.41, 5.74) is 3.88. The molecule has 0 unspecified atom stereocenters. The first-order valence-electron chi connectivity index (χ1n) is 7.41. The molecule has 0 heterocycles. The summed E-state index contributed by atoms with van der Waals surface area (Å²) >= 11 is 12.3. The number of rotatable bonds is 3. The van der Waals surface area contributed by atoms with Crippen molar-refractivity contribution in [2.45, 2.75) is 24.8 Å². The smallest absolute Gasteiger partial charge is 0.119 e. The van der Waals surface area contributed by atoms with Crippen LogP contribution in [0.3, 0.4) is 0 Å². The predicted octanol–water partition coefficient (Wildman–Crippen LogP) is 4.67. The lowest BCUT2D eigenvalue weighted by atomic mass is 9.76. The lowest BCUT2D eigenvalue weighted by molar-refractivity contribution is 0.410. The van der Waals surface area contributed by atoms with Crippen LogP contribution in [0.25, 0.3) is 0 Å². The Morgan fingerprint density at radius 2 is 1.91 bits per heavy atom.